The van der Waals surface area contributed by atoms with Gasteiger partial charge in [-0.3, -0.25) is 0 Å². The summed E-state index contributed by atoms with van der Waals surface area (Å²) in [6.45, 7) is 10.4. The molecule has 0 radical (unpaired) electrons. The van der Waals surface area contributed by atoms with E-state index in [1.165, 1.54) is 118 Å². The molecule has 3 unspecified atom stereocenters. The molecule has 10 aromatic rings. The zero-order valence-corrected chi connectivity index (χ0v) is 39.7. The minimum absolute atomic E-state index is 0.0955. The number of pyridine rings is 2. The van der Waals surface area contributed by atoms with Crippen LogP contribution in [-0.2, 0) is 18.5 Å². The highest BCUT2D eigenvalue weighted by Crippen LogP contribution is 2.74. The number of benzene rings is 8. The van der Waals surface area contributed by atoms with Gasteiger partial charge in [-0.05, 0) is 152 Å². The lowest BCUT2D eigenvalue weighted by atomic mass is 9.89. The first-order chi connectivity index (χ1) is 33.4. The standard InChI is InChI=1S/C66H58N2/c1-5-7-19-46-34-36-63-59-28-12-13-29-60(59)64-65(4,6-2)66(64,68(63)43-46)44-67-37-15-14-32-62(67)61-42-51(35-33-45(61)3)49-24-16-25-50(38-49)52-39-53(57-30-17-22-47-20-8-10-26-55(47)57)41-54(40-52)58-31-18-23-48-21-9-11-27-56(48)58/h8-18,20-43,64H,5-7,19,44H2,1-4H3/q+2. The fourth-order valence-electron chi connectivity index (χ4n) is 12.4. The summed E-state index contributed by atoms with van der Waals surface area (Å²) in [7, 11) is 0. The normalized spacial score (nSPS) is 18.0. The Balaban J connectivity index is 0.958. The molecular formula is C66H58N2+2. The number of aryl methyl sites for hydroxylation is 2. The van der Waals surface area contributed by atoms with E-state index in [4.69, 9.17) is 0 Å². The van der Waals surface area contributed by atoms with Crippen LogP contribution in [-0.4, -0.2) is 0 Å². The monoisotopic (exact) mass is 878 g/mol. The topological polar surface area (TPSA) is 7.76 Å². The highest BCUT2D eigenvalue weighted by atomic mass is 15.2. The SMILES string of the molecule is CCCCc1ccc2[n+](c1)C1(C[n+]3ccccc3-c3cc(-c4cccc(-c5cc(-c6cccc7ccccc67)cc(-c6cccc7ccccc67)c5)c4)ccc3C)C(c3ccccc3-2)C1(C)CC. The molecule has 1 aliphatic heterocycles. The Morgan fingerprint density at radius 2 is 1.07 bits per heavy atom. The zero-order chi connectivity index (χ0) is 46.0. The van der Waals surface area contributed by atoms with E-state index in [0.717, 1.165) is 19.4 Å². The van der Waals surface area contributed by atoms with Crippen LogP contribution >= 0.6 is 0 Å². The van der Waals surface area contributed by atoms with Crippen LogP contribution < -0.4 is 9.13 Å². The van der Waals surface area contributed by atoms with E-state index in [0.29, 0.717) is 5.92 Å². The molecule has 2 aromatic heterocycles. The molecule has 330 valence electrons. The quantitative estimate of drug-likeness (QED) is 0.114. The number of nitrogens with zero attached hydrogens (tertiary/aromatic N) is 2. The van der Waals surface area contributed by atoms with Crippen LogP contribution in [0.4, 0.5) is 0 Å². The van der Waals surface area contributed by atoms with Gasteiger partial charge in [0, 0.05) is 34.9 Å². The average Bonchev–Trinajstić information content (AvgIpc) is 3.96. The lowest BCUT2D eigenvalue weighted by molar-refractivity contribution is -0.809. The average molecular weight is 879 g/mol. The Morgan fingerprint density at radius 1 is 0.485 bits per heavy atom. The summed E-state index contributed by atoms with van der Waals surface area (Å²) in [5.74, 6) is 0.422. The Morgan fingerprint density at radius 3 is 1.79 bits per heavy atom. The molecule has 0 amide bonds. The van der Waals surface area contributed by atoms with Crippen molar-refractivity contribution >= 4 is 21.5 Å². The van der Waals surface area contributed by atoms with Gasteiger partial charge < -0.3 is 0 Å². The van der Waals surface area contributed by atoms with Crippen molar-refractivity contribution in [2.24, 2.45) is 5.41 Å². The fourth-order valence-corrected chi connectivity index (χ4v) is 12.4. The van der Waals surface area contributed by atoms with E-state index in [2.05, 4.69) is 249 Å². The van der Waals surface area contributed by atoms with Gasteiger partial charge in [-0.1, -0.05) is 161 Å². The molecule has 0 spiro atoms. The smallest absolute Gasteiger partial charge is 0.191 e. The van der Waals surface area contributed by atoms with Crippen LogP contribution in [0, 0.1) is 12.3 Å². The predicted octanol–water partition coefficient (Wildman–Crippen LogP) is 16.1. The molecule has 1 saturated carbocycles. The van der Waals surface area contributed by atoms with Gasteiger partial charge in [0.2, 0.25) is 23.5 Å². The van der Waals surface area contributed by atoms with E-state index in [1.54, 1.807) is 0 Å². The first-order valence-corrected chi connectivity index (χ1v) is 24.8. The van der Waals surface area contributed by atoms with Crippen molar-refractivity contribution in [1.29, 1.82) is 0 Å². The molecule has 1 aliphatic carbocycles. The second-order valence-corrected chi connectivity index (χ2v) is 19.8. The zero-order valence-electron chi connectivity index (χ0n) is 39.7. The van der Waals surface area contributed by atoms with Crippen molar-refractivity contribution in [3.05, 3.63) is 229 Å². The number of hydrogen-bond acceptors (Lipinski definition) is 0. The number of fused-ring (bicyclic) bond motifs is 8. The second kappa shape index (κ2) is 16.7. The van der Waals surface area contributed by atoms with Crippen molar-refractivity contribution in [3.8, 4) is 67.0 Å². The Kier molecular flexibility index (Phi) is 10.3. The molecule has 8 aromatic carbocycles. The molecule has 2 nitrogen and oxygen atoms in total. The summed E-state index contributed by atoms with van der Waals surface area (Å²) in [6.07, 6.45) is 9.49. The van der Waals surface area contributed by atoms with E-state index >= 15 is 0 Å². The summed E-state index contributed by atoms with van der Waals surface area (Å²) in [4.78, 5) is 0. The fraction of sp³-hybridized carbons (Fsp3) is 0.182. The minimum Gasteiger partial charge on any atom is -0.191 e. The first kappa shape index (κ1) is 42.0. The van der Waals surface area contributed by atoms with Crippen molar-refractivity contribution < 1.29 is 9.13 Å². The summed E-state index contributed by atoms with van der Waals surface area (Å²) in [5, 5.41) is 5.02. The molecule has 12 rings (SSSR count). The molecule has 0 N–H and O–H groups in total. The van der Waals surface area contributed by atoms with Crippen LogP contribution in [0.3, 0.4) is 0 Å². The summed E-state index contributed by atoms with van der Waals surface area (Å²) < 4.78 is 5.31. The van der Waals surface area contributed by atoms with Gasteiger partial charge in [-0.25, -0.2) is 0 Å². The summed E-state index contributed by atoms with van der Waals surface area (Å²) in [6, 6.07) is 75.1. The maximum Gasteiger partial charge on any atom is 0.239 e. The van der Waals surface area contributed by atoms with Gasteiger partial charge >= 0.3 is 0 Å². The lowest BCUT2D eigenvalue weighted by Crippen LogP contribution is -2.60. The maximum absolute atomic E-state index is 2.73. The number of hydrogen-bond donors (Lipinski definition) is 0. The van der Waals surface area contributed by atoms with Gasteiger partial charge in [0.1, 0.15) is 0 Å². The van der Waals surface area contributed by atoms with Crippen molar-refractivity contribution in [3.63, 3.8) is 0 Å². The molecule has 1 fully saturated rings. The van der Waals surface area contributed by atoms with E-state index in [9.17, 15) is 0 Å². The van der Waals surface area contributed by atoms with Crippen LogP contribution in [0.2, 0.25) is 0 Å². The largest absolute Gasteiger partial charge is 0.239 e. The third-order valence-corrected chi connectivity index (χ3v) is 16.1. The van der Waals surface area contributed by atoms with Crippen LogP contribution in [0.1, 0.15) is 62.6 Å². The van der Waals surface area contributed by atoms with Gasteiger partial charge in [-0.2, -0.15) is 9.13 Å². The molecule has 2 heteroatoms. The van der Waals surface area contributed by atoms with Crippen LogP contribution in [0.15, 0.2) is 213 Å². The molecular weight excluding hydrogens is 821 g/mol. The molecule has 0 saturated heterocycles. The minimum atomic E-state index is -0.0975. The highest BCUT2D eigenvalue weighted by molar-refractivity contribution is 6.01. The summed E-state index contributed by atoms with van der Waals surface area (Å²) >= 11 is 0. The van der Waals surface area contributed by atoms with Gasteiger partial charge in [0.25, 0.3) is 0 Å². The highest BCUT2D eigenvalue weighted by Gasteiger charge is 2.85. The van der Waals surface area contributed by atoms with Crippen molar-refractivity contribution in [1.82, 2.24) is 0 Å². The molecule has 3 heterocycles. The number of aromatic nitrogens is 2. The lowest BCUT2D eigenvalue weighted by Gasteiger charge is -2.22. The predicted molar refractivity (Wildman–Crippen MR) is 283 cm³/mol. The van der Waals surface area contributed by atoms with Crippen molar-refractivity contribution in [2.75, 3.05) is 0 Å². The van der Waals surface area contributed by atoms with Gasteiger partial charge in [-0.15, -0.1) is 0 Å². The summed E-state index contributed by atoms with van der Waals surface area (Å²) in [5.41, 5.74) is 19.2. The Bertz CT molecular complexity index is 3470. The Labute approximate surface area is 401 Å². The molecule has 68 heavy (non-hydrogen) atoms. The van der Waals surface area contributed by atoms with Gasteiger partial charge in [0.05, 0.1) is 11.3 Å². The third kappa shape index (κ3) is 6.75. The molecule has 0 bridgehead atoms. The first-order valence-electron chi connectivity index (χ1n) is 24.8. The Hall–Kier alpha value is -7.42. The van der Waals surface area contributed by atoms with Crippen LogP contribution in [0.25, 0.3) is 88.6 Å². The van der Waals surface area contributed by atoms with E-state index < -0.39 is 0 Å². The maximum atomic E-state index is 2.73. The van der Waals surface area contributed by atoms with Crippen molar-refractivity contribution in [2.45, 2.75) is 71.4 Å². The van der Waals surface area contributed by atoms with E-state index in [-0.39, 0.29) is 11.0 Å². The van der Waals surface area contributed by atoms with Crippen LogP contribution in [0.5, 0.6) is 0 Å². The number of rotatable bonds is 11. The van der Waals surface area contributed by atoms with Gasteiger partial charge in [0.15, 0.2) is 12.4 Å². The second-order valence-electron chi connectivity index (χ2n) is 19.8. The molecule has 2 aliphatic rings. The third-order valence-electron chi connectivity index (χ3n) is 16.1. The number of unbranched alkanes of at least 4 members (excludes halogenated alkanes) is 1. The van der Waals surface area contributed by atoms with E-state index in [1.807, 2.05) is 0 Å². The molecule has 3 atom stereocenters.